The minimum absolute atomic E-state index is 0.0794. The third-order valence-corrected chi connectivity index (χ3v) is 3.65. The smallest absolute Gasteiger partial charge is 0.247 e. The Morgan fingerprint density at radius 1 is 1.35 bits per heavy atom. The van der Waals surface area contributed by atoms with E-state index < -0.39 is 5.82 Å². The van der Waals surface area contributed by atoms with Gasteiger partial charge in [-0.1, -0.05) is 6.92 Å². The summed E-state index contributed by atoms with van der Waals surface area (Å²) in [5, 5.41) is 4.17. The van der Waals surface area contributed by atoms with Gasteiger partial charge in [-0.2, -0.15) is 10.1 Å². The van der Waals surface area contributed by atoms with Crippen molar-refractivity contribution in [2.24, 2.45) is 0 Å². The Balaban J connectivity index is 2.01. The van der Waals surface area contributed by atoms with E-state index in [4.69, 9.17) is 10.5 Å². The summed E-state index contributed by atoms with van der Waals surface area (Å²) < 4.78 is 21.3. The van der Waals surface area contributed by atoms with E-state index in [-0.39, 0.29) is 5.75 Å². The molecule has 0 aliphatic heterocycles. The summed E-state index contributed by atoms with van der Waals surface area (Å²) in [4.78, 5) is 6.31. The Bertz CT molecular complexity index is 832. The molecule has 0 spiro atoms. The van der Waals surface area contributed by atoms with E-state index in [1.165, 1.54) is 18.5 Å². The Morgan fingerprint density at radius 3 is 2.91 bits per heavy atom. The van der Waals surface area contributed by atoms with Gasteiger partial charge in [0.25, 0.3) is 0 Å². The summed E-state index contributed by atoms with van der Waals surface area (Å²) in [6, 6.07) is 6.25. The highest BCUT2D eigenvalue weighted by molar-refractivity contribution is 5.63. The summed E-state index contributed by atoms with van der Waals surface area (Å²) in [6.07, 6.45) is 3.22. The average molecular weight is 315 g/mol. The van der Waals surface area contributed by atoms with Gasteiger partial charge in [-0.3, -0.25) is 0 Å². The molecule has 120 valence electrons. The summed E-state index contributed by atoms with van der Waals surface area (Å²) >= 11 is 0. The lowest BCUT2D eigenvalue weighted by Gasteiger charge is -2.14. The predicted octanol–water partition coefficient (Wildman–Crippen LogP) is 2.69. The summed E-state index contributed by atoms with van der Waals surface area (Å²) in [5.41, 5.74) is 7.64. The van der Waals surface area contributed by atoms with Gasteiger partial charge in [0.2, 0.25) is 5.88 Å². The fourth-order valence-corrected chi connectivity index (χ4v) is 2.30. The van der Waals surface area contributed by atoms with Crippen LogP contribution in [0.4, 0.5) is 10.1 Å². The van der Waals surface area contributed by atoms with Crippen LogP contribution in [-0.2, 0) is 6.54 Å². The van der Waals surface area contributed by atoms with Gasteiger partial charge in [0.15, 0.2) is 11.6 Å². The van der Waals surface area contributed by atoms with Crippen molar-refractivity contribution in [3.63, 3.8) is 0 Å². The number of fused-ring (bicyclic) bond motifs is 1. The molecule has 0 saturated heterocycles. The molecular formula is C16H18FN5O. The summed E-state index contributed by atoms with van der Waals surface area (Å²) in [5.74, 6) is -0.135. The molecule has 0 amide bonds. The normalized spacial score (nSPS) is 11.3. The van der Waals surface area contributed by atoms with Crippen molar-refractivity contribution in [1.29, 1.82) is 0 Å². The molecule has 23 heavy (non-hydrogen) atoms. The van der Waals surface area contributed by atoms with E-state index in [0.29, 0.717) is 11.6 Å². The molecular weight excluding hydrogens is 297 g/mol. The molecule has 0 saturated carbocycles. The lowest BCUT2D eigenvalue weighted by atomic mass is 10.2. The number of nitrogens with zero attached hydrogens (tertiary/aromatic N) is 4. The average Bonchev–Trinajstić information content (AvgIpc) is 2.94. The molecule has 0 unspecified atom stereocenters. The summed E-state index contributed by atoms with van der Waals surface area (Å²) in [6.45, 7) is 3.71. The van der Waals surface area contributed by atoms with Crippen molar-refractivity contribution in [3.8, 4) is 11.6 Å². The van der Waals surface area contributed by atoms with Gasteiger partial charge in [-0.05, 0) is 37.4 Å². The SMILES string of the molecule is CCN(C)Cc1ccn2ncnc(Oc3ccc(N)cc3F)c12. The van der Waals surface area contributed by atoms with E-state index in [9.17, 15) is 4.39 Å². The topological polar surface area (TPSA) is 68.7 Å². The van der Waals surface area contributed by atoms with Crippen molar-refractivity contribution in [1.82, 2.24) is 19.5 Å². The van der Waals surface area contributed by atoms with Crippen LogP contribution in [0.1, 0.15) is 12.5 Å². The molecule has 0 radical (unpaired) electrons. The van der Waals surface area contributed by atoms with Crippen molar-refractivity contribution >= 4 is 11.2 Å². The fraction of sp³-hybridized carbons (Fsp3) is 0.250. The Hall–Kier alpha value is -2.67. The van der Waals surface area contributed by atoms with Gasteiger partial charge in [-0.25, -0.2) is 8.91 Å². The van der Waals surface area contributed by atoms with Crippen LogP contribution in [0, 0.1) is 5.82 Å². The summed E-state index contributed by atoms with van der Waals surface area (Å²) in [7, 11) is 2.02. The van der Waals surface area contributed by atoms with Crippen LogP contribution in [0.5, 0.6) is 11.6 Å². The fourth-order valence-electron chi connectivity index (χ4n) is 2.30. The molecule has 1 aromatic carbocycles. The lowest BCUT2D eigenvalue weighted by molar-refractivity contribution is 0.346. The quantitative estimate of drug-likeness (QED) is 0.733. The lowest BCUT2D eigenvalue weighted by Crippen LogP contribution is -2.16. The van der Waals surface area contributed by atoms with Crippen LogP contribution in [0.3, 0.4) is 0 Å². The molecule has 2 aromatic heterocycles. The van der Waals surface area contributed by atoms with Crippen LogP contribution in [0.25, 0.3) is 5.52 Å². The number of halogens is 1. The minimum atomic E-state index is -0.527. The second-order valence-corrected chi connectivity index (χ2v) is 5.32. The van der Waals surface area contributed by atoms with Crippen LogP contribution >= 0.6 is 0 Å². The maximum atomic E-state index is 14.0. The number of ether oxygens (including phenoxy) is 1. The van der Waals surface area contributed by atoms with Crippen molar-refractivity contribution in [2.75, 3.05) is 19.3 Å². The molecule has 0 bridgehead atoms. The maximum Gasteiger partial charge on any atom is 0.247 e. The second-order valence-electron chi connectivity index (χ2n) is 5.32. The highest BCUT2D eigenvalue weighted by Crippen LogP contribution is 2.29. The number of hydrogen-bond donors (Lipinski definition) is 1. The van der Waals surface area contributed by atoms with Crippen molar-refractivity contribution in [3.05, 3.63) is 48.2 Å². The first-order chi connectivity index (χ1) is 11.1. The number of hydrogen-bond acceptors (Lipinski definition) is 5. The zero-order chi connectivity index (χ0) is 16.4. The number of anilines is 1. The molecule has 0 aliphatic carbocycles. The number of nitrogens with two attached hydrogens (primary N) is 1. The van der Waals surface area contributed by atoms with E-state index in [0.717, 1.165) is 24.2 Å². The first-order valence-corrected chi connectivity index (χ1v) is 7.31. The number of nitrogen functional groups attached to an aromatic ring is 1. The molecule has 2 N–H and O–H groups in total. The van der Waals surface area contributed by atoms with Crippen LogP contribution in [-0.4, -0.2) is 33.1 Å². The first kappa shape index (κ1) is 15.2. The van der Waals surface area contributed by atoms with Gasteiger partial charge in [0.05, 0.1) is 0 Å². The molecule has 7 heteroatoms. The first-order valence-electron chi connectivity index (χ1n) is 7.31. The largest absolute Gasteiger partial charge is 0.434 e. The maximum absolute atomic E-state index is 14.0. The Labute approximate surface area is 133 Å². The van der Waals surface area contributed by atoms with E-state index in [2.05, 4.69) is 21.9 Å². The molecule has 3 rings (SSSR count). The van der Waals surface area contributed by atoms with Gasteiger partial charge < -0.3 is 15.4 Å². The van der Waals surface area contributed by atoms with Crippen LogP contribution in [0.2, 0.25) is 0 Å². The van der Waals surface area contributed by atoms with Crippen LogP contribution < -0.4 is 10.5 Å². The molecule has 2 heterocycles. The van der Waals surface area contributed by atoms with E-state index >= 15 is 0 Å². The van der Waals surface area contributed by atoms with E-state index in [1.54, 1.807) is 10.6 Å². The van der Waals surface area contributed by atoms with Crippen molar-refractivity contribution in [2.45, 2.75) is 13.5 Å². The predicted molar refractivity (Wildman–Crippen MR) is 85.9 cm³/mol. The molecule has 6 nitrogen and oxygen atoms in total. The number of rotatable bonds is 5. The van der Waals surface area contributed by atoms with Crippen LogP contribution in [0.15, 0.2) is 36.8 Å². The van der Waals surface area contributed by atoms with Gasteiger partial charge in [0, 0.05) is 24.5 Å². The van der Waals surface area contributed by atoms with Gasteiger partial charge in [0.1, 0.15) is 11.8 Å². The van der Waals surface area contributed by atoms with Gasteiger partial charge >= 0.3 is 0 Å². The number of benzene rings is 1. The molecule has 0 fully saturated rings. The van der Waals surface area contributed by atoms with Gasteiger partial charge in [-0.15, -0.1) is 0 Å². The van der Waals surface area contributed by atoms with E-state index in [1.807, 2.05) is 19.3 Å². The molecule has 3 aromatic rings. The highest BCUT2D eigenvalue weighted by Gasteiger charge is 2.15. The third-order valence-electron chi connectivity index (χ3n) is 3.65. The zero-order valence-corrected chi connectivity index (χ0v) is 13.0. The van der Waals surface area contributed by atoms with Crippen molar-refractivity contribution < 1.29 is 9.13 Å². The highest BCUT2D eigenvalue weighted by atomic mass is 19.1. The second kappa shape index (κ2) is 6.21. The monoisotopic (exact) mass is 315 g/mol. The molecule has 0 atom stereocenters. The Morgan fingerprint density at radius 2 is 2.17 bits per heavy atom. The standard InChI is InChI=1S/C16H18FN5O/c1-3-21(2)9-11-6-7-22-15(11)16(19-10-20-22)23-14-5-4-12(18)8-13(14)17/h4-8,10H,3,9,18H2,1-2H3. The Kier molecular flexibility index (Phi) is 4.12. The minimum Gasteiger partial charge on any atom is -0.434 e. The zero-order valence-electron chi connectivity index (χ0n) is 13.0. The number of aromatic nitrogens is 3. The third kappa shape index (κ3) is 3.09. The molecule has 0 aliphatic rings.